The van der Waals surface area contributed by atoms with Crippen LogP contribution in [0.2, 0.25) is 0 Å². The van der Waals surface area contributed by atoms with Crippen molar-refractivity contribution < 1.29 is 47.7 Å². The molecule has 0 saturated carbocycles. The standard InChI is InChI=1S/C36H71N3O6.C36H32N2O4/c1-8-12-15-18-21-24-37(5)33(40)27-43-30-36(11-4,31-44-28-34(41)38(6)25-22-19-16-13-9-2)32-45-29-35(42)39(7)26-23-20-17-14-10-3;39-35(37(31-19-9-3-10-20-31)25-29-15-5-1-6-16-29)27-41-33-23-13-14-24-34(33)42-28-36(40)38(32-21-11-4-12-22-32)26-30-17-7-2-8-18-30/h8-32H2,1-7H3;1-24H,25-28H2. The second kappa shape index (κ2) is 43.5. The Hall–Kier alpha value is -7.07. The largest absolute Gasteiger partial charge is 0.480 e. The zero-order chi connectivity index (χ0) is 62.7. The highest BCUT2D eigenvalue weighted by atomic mass is 16.5. The first kappa shape index (κ1) is 72.4. The van der Waals surface area contributed by atoms with E-state index >= 15 is 0 Å². The van der Waals surface area contributed by atoms with Crippen LogP contribution in [0.25, 0.3) is 0 Å². The van der Waals surface area contributed by atoms with Gasteiger partial charge in [-0.05, 0) is 73.2 Å². The molecule has 0 radical (unpaired) electrons. The Labute approximate surface area is 521 Å². The zero-order valence-electron chi connectivity index (χ0n) is 53.7. The van der Waals surface area contributed by atoms with Crippen LogP contribution < -0.4 is 19.3 Å². The number of likely N-dealkylation sites (N-methyl/N-ethyl adjacent to an activating group) is 3. The number of unbranched alkanes of at least 4 members (excludes halogenated alkanes) is 12. The van der Waals surface area contributed by atoms with Crippen LogP contribution in [0.3, 0.4) is 0 Å². The molecular formula is C72H103N5O10. The normalized spacial score (nSPS) is 11.0. The van der Waals surface area contributed by atoms with Crippen molar-refractivity contribution >= 4 is 40.9 Å². The minimum absolute atomic E-state index is 0.0212. The number of para-hydroxylation sites is 4. The Morgan fingerprint density at radius 3 is 0.931 bits per heavy atom. The summed E-state index contributed by atoms with van der Waals surface area (Å²) < 4.78 is 29.8. The van der Waals surface area contributed by atoms with Gasteiger partial charge in [0.1, 0.15) is 19.8 Å². The number of ether oxygens (including phenoxy) is 5. The molecule has 0 spiro atoms. The maximum atomic E-state index is 13.4. The second-order valence-corrected chi connectivity index (χ2v) is 22.6. The molecule has 15 nitrogen and oxygen atoms in total. The molecule has 0 aliphatic heterocycles. The fraction of sp³-hybridized carbons (Fsp3) is 0.514. The number of benzene rings is 5. The van der Waals surface area contributed by atoms with Crippen LogP contribution in [0.5, 0.6) is 11.5 Å². The fourth-order valence-corrected chi connectivity index (χ4v) is 9.58. The summed E-state index contributed by atoms with van der Waals surface area (Å²) in [6, 6.07) is 45.8. The van der Waals surface area contributed by atoms with Crippen molar-refractivity contribution in [3.05, 3.63) is 157 Å². The highest BCUT2D eigenvalue weighted by Gasteiger charge is 2.32. The summed E-state index contributed by atoms with van der Waals surface area (Å²) in [5.74, 6) is 0.223. The van der Waals surface area contributed by atoms with Gasteiger partial charge in [-0.15, -0.1) is 0 Å². The molecule has 0 unspecified atom stereocenters. The summed E-state index contributed by atoms with van der Waals surface area (Å²) in [7, 11) is 5.47. The summed E-state index contributed by atoms with van der Waals surface area (Å²) in [6.45, 7) is 11.9. The lowest BCUT2D eigenvalue weighted by Crippen LogP contribution is -2.41. The summed E-state index contributed by atoms with van der Waals surface area (Å²) in [5, 5.41) is 0. The molecule has 476 valence electrons. The smallest absolute Gasteiger partial charge is 0.265 e. The van der Waals surface area contributed by atoms with Gasteiger partial charge in [0, 0.05) is 57.6 Å². The Morgan fingerprint density at radius 1 is 0.345 bits per heavy atom. The molecule has 0 heterocycles. The van der Waals surface area contributed by atoms with E-state index in [1.807, 2.05) is 149 Å². The summed E-state index contributed by atoms with van der Waals surface area (Å²) in [6.07, 6.45) is 17.9. The van der Waals surface area contributed by atoms with Crippen molar-refractivity contribution in [2.24, 2.45) is 5.41 Å². The van der Waals surface area contributed by atoms with Crippen molar-refractivity contribution in [2.75, 3.05) is 103 Å². The average Bonchev–Trinajstić information content (AvgIpc) is 3.72. The van der Waals surface area contributed by atoms with E-state index in [-0.39, 0.29) is 82.4 Å². The number of rotatable bonds is 43. The first-order valence-corrected chi connectivity index (χ1v) is 31.9. The maximum Gasteiger partial charge on any atom is 0.265 e. The lowest BCUT2D eigenvalue weighted by molar-refractivity contribution is -0.144. The van der Waals surface area contributed by atoms with E-state index in [2.05, 4.69) is 20.8 Å². The number of carbonyl (C=O) groups excluding carboxylic acids is 5. The lowest BCUT2D eigenvalue weighted by Gasteiger charge is -2.32. The SMILES string of the molecule is CCCCCCCN(C)C(=O)COCC(CC)(COCC(=O)N(C)CCCCCCC)COCC(=O)N(C)CCCCCCC.O=C(COc1ccccc1OCC(=O)N(Cc1ccccc1)c1ccccc1)N(Cc1ccccc1)c1ccccc1. The first-order chi connectivity index (χ1) is 42.3. The van der Waals surface area contributed by atoms with E-state index in [9.17, 15) is 24.0 Å². The number of amides is 5. The molecule has 0 bridgehead atoms. The third-order valence-corrected chi connectivity index (χ3v) is 15.4. The Balaban J connectivity index is 0.000000373. The molecule has 5 aromatic carbocycles. The quantitative estimate of drug-likeness (QED) is 0.0345. The molecule has 0 N–H and O–H groups in total. The highest BCUT2D eigenvalue weighted by Crippen LogP contribution is 2.29. The second-order valence-electron chi connectivity index (χ2n) is 22.6. The third-order valence-electron chi connectivity index (χ3n) is 15.4. The molecular weight excluding hydrogens is 1090 g/mol. The van der Waals surface area contributed by atoms with Gasteiger partial charge in [-0.3, -0.25) is 24.0 Å². The molecule has 5 amide bonds. The predicted molar refractivity (Wildman–Crippen MR) is 350 cm³/mol. The third kappa shape index (κ3) is 29.0. The van der Waals surface area contributed by atoms with Crippen LogP contribution in [0, 0.1) is 5.41 Å². The van der Waals surface area contributed by atoms with Gasteiger partial charge in [-0.25, -0.2) is 0 Å². The average molecular weight is 1200 g/mol. The molecule has 0 aliphatic carbocycles. The highest BCUT2D eigenvalue weighted by molar-refractivity contribution is 5.95. The van der Waals surface area contributed by atoms with Crippen LogP contribution in [-0.2, 0) is 51.3 Å². The first-order valence-electron chi connectivity index (χ1n) is 31.9. The number of hydrogen-bond donors (Lipinski definition) is 0. The molecule has 5 rings (SSSR count). The maximum absolute atomic E-state index is 13.4. The minimum Gasteiger partial charge on any atom is -0.480 e. The van der Waals surface area contributed by atoms with Crippen molar-refractivity contribution in [2.45, 2.75) is 144 Å². The van der Waals surface area contributed by atoms with Crippen LogP contribution in [-0.4, -0.2) is 138 Å². The molecule has 0 aliphatic rings. The van der Waals surface area contributed by atoms with Gasteiger partial charge in [0.15, 0.2) is 24.7 Å². The molecule has 0 saturated heterocycles. The number of carbonyl (C=O) groups is 5. The van der Waals surface area contributed by atoms with Gasteiger partial charge >= 0.3 is 0 Å². The van der Waals surface area contributed by atoms with Crippen molar-refractivity contribution in [3.8, 4) is 11.5 Å². The monoisotopic (exact) mass is 1200 g/mol. The number of nitrogens with zero attached hydrogens (tertiary/aromatic N) is 5. The summed E-state index contributed by atoms with van der Waals surface area (Å²) >= 11 is 0. The molecule has 5 aromatic rings. The van der Waals surface area contributed by atoms with E-state index in [1.165, 1.54) is 57.8 Å². The van der Waals surface area contributed by atoms with E-state index < -0.39 is 5.41 Å². The Bertz CT molecular complexity index is 2430. The minimum atomic E-state index is -0.586. The van der Waals surface area contributed by atoms with Gasteiger partial charge in [-0.1, -0.05) is 214 Å². The number of hydrogen-bond acceptors (Lipinski definition) is 10. The van der Waals surface area contributed by atoms with Crippen molar-refractivity contribution in [3.63, 3.8) is 0 Å². The molecule has 0 atom stereocenters. The lowest BCUT2D eigenvalue weighted by atomic mass is 9.88. The van der Waals surface area contributed by atoms with E-state index in [0.29, 0.717) is 31.0 Å². The van der Waals surface area contributed by atoms with Gasteiger partial charge in [0.25, 0.3) is 11.8 Å². The molecule has 0 aromatic heterocycles. The molecule has 0 fully saturated rings. The topological polar surface area (TPSA) is 148 Å². The van der Waals surface area contributed by atoms with Crippen LogP contribution in [0.15, 0.2) is 146 Å². The van der Waals surface area contributed by atoms with Gasteiger partial charge in [-0.2, -0.15) is 0 Å². The van der Waals surface area contributed by atoms with Gasteiger partial charge in [0.05, 0.1) is 32.9 Å². The molecule has 15 heteroatoms. The van der Waals surface area contributed by atoms with Crippen molar-refractivity contribution in [1.82, 2.24) is 14.7 Å². The van der Waals surface area contributed by atoms with E-state index in [1.54, 1.807) is 48.8 Å². The molecule has 87 heavy (non-hydrogen) atoms. The summed E-state index contributed by atoms with van der Waals surface area (Å²) in [5.41, 5.74) is 3.00. The summed E-state index contributed by atoms with van der Waals surface area (Å²) in [4.78, 5) is 73.6. The zero-order valence-corrected chi connectivity index (χ0v) is 53.7. The van der Waals surface area contributed by atoms with Crippen LogP contribution in [0.4, 0.5) is 11.4 Å². The Kier molecular flexibility index (Phi) is 36.2. The van der Waals surface area contributed by atoms with Gasteiger partial charge < -0.3 is 48.2 Å². The Morgan fingerprint density at radius 2 is 0.632 bits per heavy atom. The van der Waals surface area contributed by atoms with Crippen LogP contribution >= 0.6 is 0 Å². The van der Waals surface area contributed by atoms with Crippen molar-refractivity contribution in [1.29, 1.82) is 0 Å². The number of anilines is 2. The van der Waals surface area contributed by atoms with Gasteiger partial charge in [0.2, 0.25) is 17.7 Å². The van der Waals surface area contributed by atoms with E-state index in [4.69, 9.17) is 23.7 Å². The van der Waals surface area contributed by atoms with Crippen LogP contribution in [0.1, 0.15) is 142 Å². The predicted octanol–water partition coefficient (Wildman–Crippen LogP) is 13.6. The fourth-order valence-electron chi connectivity index (χ4n) is 9.58. The van der Waals surface area contributed by atoms with E-state index in [0.717, 1.165) is 80.7 Å².